The van der Waals surface area contributed by atoms with Gasteiger partial charge in [0.05, 0.1) is 5.54 Å². The fourth-order valence-electron chi connectivity index (χ4n) is 3.16. The van der Waals surface area contributed by atoms with Gasteiger partial charge in [0.1, 0.15) is 0 Å². The minimum atomic E-state index is 0.292. The average molecular weight is 268 g/mol. The van der Waals surface area contributed by atoms with E-state index < -0.39 is 0 Å². The van der Waals surface area contributed by atoms with Gasteiger partial charge in [-0.25, -0.2) is 0 Å². The molecule has 3 fully saturated rings. The summed E-state index contributed by atoms with van der Waals surface area (Å²) in [7, 11) is 0. The van der Waals surface area contributed by atoms with Crippen molar-refractivity contribution in [3.8, 4) is 0 Å². The molecule has 1 aliphatic carbocycles. The standard InChI is InChI=1S/C14H24N2OS/c1-2-13(4-3-5-13)10-15-12-16-14(11-18-12)6-8-17-9-7-14/h2-11H2,1H3,(H,15,16). The summed E-state index contributed by atoms with van der Waals surface area (Å²) >= 11 is 1.92. The highest BCUT2D eigenvalue weighted by Gasteiger charge is 2.39. The number of nitrogens with zero attached hydrogens (tertiary/aromatic N) is 1. The van der Waals surface area contributed by atoms with Crippen LogP contribution in [0, 0.1) is 5.41 Å². The van der Waals surface area contributed by atoms with Crippen molar-refractivity contribution in [1.82, 2.24) is 5.32 Å². The van der Waals surface area contributed by atoms with E-state index in [0.717, 1.165) is 32.6 Å². The zero-order valence-corrected chi connectivity index (χ0v) is 12.2. The first-order chi connectivity index (χ1) is 8.76. The smallest absolute Gasteiger partial charge is 0.157 e. The summed E-state index contributed by atoms with van der Waals surface area (Å²) in [6.45, 7) is 5.15. The van der Waals surface area contributed by atoms with E-state index >= 15 is 0 Å². The number of rotatable bonds is 3. The van der Waals surface area contributed by atoms with Crippen LogP contribution in [0.3, 0.4) is 0 Å². The molecule has 0 bridgehead atoms. The predicted octanol–water partition coefficient (Wildman–Crippen LogP) is 2.81. The fraction of sp³-hybridized carbons (Fsp3) is 0.929. The molecule has 2 saturated heterocycles. The third-order valence-electron chi connectivity index (χ3n) is 5.03. The van der Waals surface area contributed by atoms with Crippen LogP contribution < -0.4 is 5.32 Å². The summed E-state index contributed by atoms with van der Waals surface area (Å²) in [5.74, 6) is 1.17. The molecular formula is C14H24N2OS. The van der Waals surface area contributed by atoms with Gasteiger partial charge in [0.15, 0.2) is 5.17 Å². The Morgan fingerprint density at radius 1 is 1.28 bits per heavy atom. The van der Waals surface area contributed by atoms with Crippen molar-refractivity contribution in [1.29, 1.82) is 0 Å². The normalized spacial score (nSPS) is 31.3. The van der Waals surface area contributed by atoms with E-state index in [1.165, 1.54) is 36.6 Å². The van der Waals surface area contributed by atoms with Gasteiger partial charge in [-0.2, -0.15) is 0 Å². The first kappa shape index (κ1) is 12.8. The predicted molar refractivity (Wildman–Crippen MR) is 77.3 cm³/mol. The van der Waals surface area contributed by atoms with Gasteiger partial charge in [-0.05, 0) is 37.5 Å². The van der Waals surface area contributed by atoms with Crippen LogP contribution in [0.2, 0.25) is 0 Å². The molecule has 4 heteroatoms. The Morgan fingerprint density at radius 2 is 2.06 bits per heavy atom. The SMILES string of the molecule is CCC1(CN=C2NC3(CCOCC3)CS2)CCC1. The number of ether oxygens (including phenoxy) is 1. The topological polar surface area (TPSA) is 33.6 Å². The van der Waals surface area contributed by atoms with Crippen molar-refractivity contribution in [3.05, 3.63) is 0 Å². The Bertz CT molecular complexity index is 327. The molecule has 1 saturated carbocycles. The van der Waals surface area contributed by atoms with Crippen LogP contribution in [0.25, 0.3) is 0 Å². The zero-order chi connectivity index (χ0) is 12.5. The largest absolute Gasteiger partial charge is 0.381 e. The minimum Gasteiger partial charge on any atom is -0.381 e. The summed E-state index contributed by atoms with van der Waals surface area (Å²) < 4.78 is 5.46. The van der Waals surface area contributed by atoms with Gasteiger partial charge in [-0.3, -0.25) is 4.99 Å². The Labute approximate surface area is 114 Å². The maximum absolute atomic E-state index is 5.46. The fourth-order valence-corrected chi connectivity index (χ4v) is 4.38. The molecule has 3 aliphatic rings. The molecule has 102 valence electrons. The van der Waals surface area contributed by atoms with E-state index in [1.54, 1.807) is 0 Å². The second-order valence-electron chi connectivity index (χ2n) is 6.13. The molecule has 0 radical (unpaired) electrons. The molecule has 0 aromatic rings. The first-order valence-corrected chi connectivity index (χ1v) is 8.28. The molecule has 0 unspecified atom stereocenters. The second-order valence-corrected chi connectivity index (χ2v) is 7.10. The molecular weight excluding hydrogens is 244 g/mol. The number of aliphatic imine (C=N–C) groups is 1. The molecule has 2 aliphatic heterocycles. The quantitative estimate of drug-likeness (QED) is 0.854. The van der Waals surface area contributed by atoms with Crippen LogP contribution in [0.4, 0.5) is 0 Å². The molecule has 1 N–H and O–H groups in total. The first-order valence-electron chi connectivity index (χ1n) is 7.29. The van der Waals surface area contributed by atoms with Crippen molar-refractivity contribution in [2.45, 2.75) is 51.0 Å². The van der Waals surface area contributed by atoms with Crippen LogP contribution in [0.5, 0.6) is 0 Å². The Morgan fingerprint density at radius 3 is 2.67 bits per heavy atom. The lowest BCUT2D eigenvalue weighted by Gasteiger charge is -2.40. The van der Waals surface area contributed by atoms with E-state index in [2.05, 4.69) is 12.2 Å². The average Bonchev–Trinajstić information content (AvgIpc) is 2.73. The van der Waals surface area contributed by atoms with E-state index in [1.807, 2.05) is 11.8 Å². The molecule has 1 spiro atoms. The zero-order valence-electron chi connectivity index (χ0n) is 11.3. The summed E-state index contributed by atoms with van der Waals surface area (Å²) in [5, 5.41) is 4.88. The van der Waals surface area contributed by atoms with Crippen LogP contribution >= 0.6 is 11.8 Å². The van der Waals surface area contributed by atoms with Crippen molar-refractivity contribution in [3.63, 3.8) is 0 Å². The Balaban J connectivity index is 1.58. The molecule has 2 heterocycles. The van der Waals surface area contributed by atoms with Crippen molar-refractivity contribution < 1.29 is 4.74 Å². The summed E-state index contributed by atoms with van der Waals surface area (Å²) in [4.78, 5) is 4.87. The van der Waals surface area contributed by atoms with Crippen LogP contribution in [0.15, 0.2) is 4.99 Å². The van der Waals surface area contributed by atoms with E-state index in [9.17, 15) is 0 Å². The number of amidine groups is 1. The highest BCUT2D eigenvalue weighted by Crippen LogP contribution is 2.44. The molecule has 0 amide bonds. The van der Waals surface area contributed by atoms with Crippen LogP contribution in [0.1, 0.15) is 45.4 Å². The maximum atomic E-state index is 5.46. The second kappa shape index (κ2) is 5.04. The lowest BCUT2D eigenvalue weighted by atomic mass is 9.67. The monoisotopic (exact) mass is 268 g/mol. The summed E-state index contributed by atoms with van der Waals surface area (Å²) in [6.07, 6.45) is 7.72. The van der Waals surface area contributed by atoms with Gasteiger partial charge in [0.25, 0.3) is 0 Å². The Hall–Kier alpha value is -0.220. The molecule has 0 aromatic heterocycles. The third kappa shape index (κ3) is 2.42. The highest BCUT2D eigenvalue weighted by atomic mass is 32.2. The molecule has 3 rings (SSSR count). The van der Waals surface area contributed by atoms with Gasteiger partial charge in [-0.15, -0.1) is 0 Å². The Kier molecular flexibility index (Phi) is 3.59. The molecule has 3 nitrogen and oxygen atoms in total. The number of nitrogens with one attached hydrogen (secondary N) is 1. The number of thioether (sulfide) groups is 1. The van der Waals surface area contributed by atoms with E-state index in [4.69, 9.17) is 9.73 Å². The van der Waals surface area contributed by atoms with Crippen molar-refractivity contribution in [2.75, 3.05) is 25.5 Å². The van der Waals surface area contributed by atoms with Gasteiger partial charge < -0.3 is 10.1 Å². The van der Waals surface area contributed by atoms with Crippen LogP contribution in [-0.4, -0.2) is 36.2 Å². The lowest BCUT2D eigenvalue weighted by Crippen LogP contribution is -2.48. The van der Waals surface area contributed by atoms with Crippen LogP contribution in [-0.2, 0) is 4.74 Å². The van der Waals surface area contributed by atoms with Gasteiger partial charge in [0.2, 0.25) is 0 Å². The van der Waals surface area contributed by atoms with Crippen molar-refractivity contribution in [2.24, 2.45) is 10.4 Å². The van der Waals surface area contributed by atoms with Gasteiger partial charge in [-0.1, -0.05) is 25.1 Å². The van der Waals surface area contributed by atoms with Gasteiger partial charge >= 0.3 is 0 Å². The maximum Gasteiger partial charge on any atom is 0.157 e. The number of hydrogen-bond donors (Lipinski definition) is 1. The molecule has 0 aromatic carbocycles. The summed E-state index contributed by atoms with van der Waals surface area (Å²) in [6, 6.07) is 0. The van der Waals surface area contributed by atoms with E-state index in [0.29, 0.717) is 11.0 Å². The lowest BCUT2D eigenvalue weighted by molar-refractivity contribution is 0.0554. The van der Waals surface area contributed by atoms with Gasteiger partial charge in [0, 0.05) is 25.5 Å². The number of hydrogen-bond acceptors (Lipinski definition) is 3. The minimum absolute atomic E-state index is 0.292. The third-order valence-corrected chi connectivity index (χ3v) is 6.23. The highest BCUT2D eigenvalue weighted by molar-refractivity contribution is 8.14. The van der Waals surface area contributed by atoms with Crippen molar-refractivity contribution >= 4 is 16.9 Å². The molecule has 18 heavy (non-hydrogen) atoms. The van der Waals surface area contributed by atoms with E-state index in [-0.39, 0.29) is 0 Å². The molecule has 0 atom stereocenters. The summed E-state index contributed by atoms with van der Waals surface area (Å²) in [5.41, 5.74) is 0.835.